The first-order valence-corrected chi connectivity index (χ1v) is 7.26. The smallest absolute Gasteiger partial charge is 0.317 e. The van der Waals surface area contributed by atoms with Crippen LogP contribution in [-0.4, -0.2) is 42.1 Å². The molecule has 0 aromatic carbocycles. The summed E-state index contributed by atoms with van der Waals surface area (Å²) in [6, 6.07) is -0.139. The highest BCUT2D eigenvalue weighted by Crippen LogP contribution is 2.37. The predicted octanol–water partition coefficient (Wildman–Crippen LogP) is 2.07. The molecule has 2 aliphatic carbocycles. The van der Waals surface area contributed by atoms with E-state index in [2.05, 4.69) is 5.32 Å². The van der Waals surface area contributed by atoms with Crippen molar-refractivity contribution >= 4 is 12.0 Å². The summed E-state index contributed by atoms with van der Waals surface area (Å²) in [7, 11) is 1.79. The minimum atomic E-state index is -0.771. The van der Waals surface area contributed by atoms with Crippen LogP contribution in [-0.2, 0) is 4.79 Å². The molecule has 0 unspecified atom stereocenters. The van der Waals surface area contributed by atoms with Gasteiger partial charge in [-0.1, -0.05) is 19.3 Å². The summed E-state index contributed by atoms with van der Waals surface area (Å²) >= 11 is 0. The first-order chi connectivity index (χ1) is 9.03. The summed E-state index contributed by atoms with van der Waals surface area (Å²) < 4.78 is 0. The van der Waals surface area contributed by atoms with E-state index in [4.69, 9.17) is 0 Å². The van der Waals surface area contributed by atoms with Gasteiger partial charge >= 0.3 is 12.0 Å². The zero-order chi connectivity index (χ0) is 13.9. The second-order valence-corrected chi connectivity index (χ2v) is 6.13. The summed E-state index contributed by atoms with van der Waals surface area (Å²) in [4.78, 5) is 25.0. The molecule has 0 atom stereocenters. The highest BCUT2D eigenvalue weighted by Gasteiger charge is 2.41. The Morgan fingerprint density at radius 2 is 1.89 bits per heavy atom. The average molecular weight is 268 g/mol. The zero-order valence-corrected chi connectivity index (χ0v) is 11.7. The lowest BCUT2D eigenvalue weighted by molar-refractivity contribution is -0.148. The monoisotopic (exact) mass is 268 g/mol. The van der Waals surface area contributed by atoms with Crippen molar-refractivity contribution in [3.8, 4) is 0 Å². The maximum absolute atomic E-state index is 12.0. The maximum Gasteiger partial charge on any atom is 0.317 e. The summed E-state index contributed by atoms with van der Waals surface area (Å²) in [5.41, 5.74) is -0.729. The van der Waals surface area contributed by atoms with Crippen LogP contribution in [0.2, 0.25) is 0 Å². The highest BCUT2D eigenvalue weighted by atomic mass is 16.4. The van der Waals surface area contributed by atoms with Crippen LogP contribution >= 0.6 is 0 Å². The average Bonchev–Trinajstić information content (AvgIpc) is 2.80. The van der Waals surface area contributed by atoms with Crippen molar-refractivity contribution in [2.24, 2.45) is 11.3 Å². The second kappa shape index (κ2) is 5.80. The van der Waals surface area contributed by atoms with E-state index in [0.29, 0.717) is 18.8 Å². The zero-order valence-electron chi connectivity index (χ0n) is 11.7. The molecule has 5 nitrogen and oxygen atoms in total. The van der Waals surface area contributed by atoms with E-state index in [1.54, 1.807) is 11.9 Å². The number of carbonyl (C=O) groups is 2. The van der Waals surface area contributed by atoms with Gasteiger partial charge in [0.15, 0.2) is 0 Å². The van der Waals surface area contributed by atoms with Crippen LogP contribution in [0.1, 0.15) is 44.9 Å². The number of nitrogens with zero attached hydrogens (tertiary/aromatic N) is 1. The van der Waals surface area contributed by atoms with Crippen LogP contribution < -0.4 is 5.32 Å². The SMILES string of the molecule is CN(CC1CCC1)C(=O)NCC1(C(=O)O)CCCC1. The molecule has 0 aromatic heterocycles. The number of hydrogen-bond acceptors (Lipinski definition) is 2. The van der Waals surface area contributed by atoms with Gasteiger partial charge in [0, 0.05) is 20.1 Å². The van der Waals surface area contributed by atoms with Crippen LogP contribution in [0, 0.1) is 11.3 Å². The maximum atomic E-state index is 12.0. The standard InChI is InChI=1S/C14H24N2O3/c1-16(9-11-5-4-6-11)13(19)15-10-14(12(17)18)7-2-3-8-14/h11H,2-10H2,1H3,(H,15,19)(H,17,18). The van der Waals surface area contributed by atoms with Crippen LogP contribution in [0.25, 0.3) is 0 Å². The predicted molar refractivity (Wildman–Crippen MR) is 71.9 cm³/mol. The molecule has 2 fully saturated rings. The topological polar surface area (TPSA) is 69.6 Å². The molecule has 0 radical (unpaired) electrons. The lowest BCUT2D eigenvalue weighted by Gasteiger charge is -2.31. The molecule has 0 bridgehead atoms. The number of amides is 2. The van der Waals surface area contributed by atoms with E-state index < -0.39 is 11.4 Å². The Labute approximate surface area is 114 Å². The van der Waals surface area contributed by atoms with E-state index in [9.17, 15) is 14.7 Å². The van der Waals surface area contributed by atoms with Gasteiger partial charge in [-0.25, -0.2) is 4.79 Å². The van der Waals surface area contributed by atoms with Crippen LogP contribution in [0.3, 0.4) is 0 Å². The lowest BCUT2D eigenvalue weighted by atomic mass is 9.85. The quantitative estimate of drug-likeness (QED) is 0.802. The Kier molecular flexibility index (Phi) is 4.32. The van der Waals surface area contributed by atoms with Crippen LogP contribution in [0.4, 0.5) is 4.79 Å². The molecule has 5 heteroatoms. The third kappa shape index (κ3) is 3.19. The number of nitrogens with one attached hydrogen (secondary N) is 1. The Morgan fingerprint density at radius 1 is 1.26 bits per heavy atom. The van der Waals surface area contributed by atoms with Crippen molar-refractivity contribution in [3.63, 3.8) is 0 Å². The largest absolute Gasteiger partial charge is 0.481 e. The van der Waals surface area contributed by atoms with Gasteiger partial charge < -0.3 is 15.3 Å². The molecule has 0 saturated heterocycles. The minimum Gasteiger partial charge on any atom is -0.481 e. The summed E-state index contributed by atoms with van der Waals surface area (Å²) in [5, 5.41) is 12.1. The van der Waals surface area contributed by atoms with E-state index in [1.165, 1.54) is 19.3 Å². The van der Waals surface area contributed by atoms with Gasteiger partial charge in [0.1, 0.15) is 0 Å². The molecule has 0 spiro atoms. The molecule has 2 rings (SSSR count). The number of carbonyl (C=O) groups excluding carboxylic acids is 1. The number of carboxylic acids is 1. The fourth-order valence-electron chi connectivity index (χ4n) is 3.04. The van der Waals surface area contributed by atoms with E-state index >= 15 is 0 Å². The first-order valence-electron chi connectivity index (χ1n) is 7.26. The van der Waals surface area contributed by atoms with Crippen LogP contribution in [0.5, 0.6) is 0 Å². The summed E-state index contributed by atoms with van der Waals surface area (Å²) in [6.07, 6.45) is 6.92. The van der Waals surface area contributed by atoms with Crippen molar-refractivity contribution in [1.82, 2.24) is 10.2 Å². The molecule has 2 saturated carbocycles. The van der Waals surface area contributed by atoms with Gasteiger partial charge in [-0.3, -0.25) is 4.79 Å². The fraction of sp³-hybridized carbons (Fsp3) is 0.857. The number of aliphatic carboxylic acids is 1. The molecule has 2 amide bonds. The fourth-order valence-corrected chi connectivity index (χ4v) is 3.04. The number of rotatable bonds is 5. The Bertz CT molecular complexity index is 347. The van der Waals surface area contributed by atoms with Gasteiger partial charge in [-0.05, 0) is 31.6 Å². The van der Waals surface area contributed by atoms with Crippen molar-refractivity contribution in [1.29, 1.82) is 0 Å². The molecule has 0 aromatic rings. The number of urea groups is 1. The molecule has 2 N–H and O–H groups in total. The molecule has 19 heavy (non-hydrogen) atoms. The molecular weight excluding hydrogens is 244 g/mol. The van der Waals surface area contributed by atoms with Gasteiger partial charge in [0.25, 0.3) is 0 Å². The Morgan fingerprint density at radius 3 is 2.37 bits per heavy atom. The third-order valence-electron chi connectivity index (χ3n) is 4.70. The highest BCUT2D eigenvalue weighted by molar-refractivity contribution is 5.78. The Hall–Kier alpha value is -1.26. The van der Waals surface area contributed by atoms with Gasteiger partial charge in [0.05, 0.1) is 5.41 Å². The second-order valence-electron chi connectivity index (χ2n) is 6.13. The number of hydrogen-bond donors (Lipinski definition) is 2. The van der Waals surface area contributed by atoms with E-state index in [1.807, 2.05) is 0 Å². The minimum absolute atomic E-state index is 0.139. The lowest BCUT2D eigenvalue weighted by Crippen LogP contribution is -2.47. The van der Waals surface area contributed by atoms with E-state index in [-0.39, 0.29) is 12.6 Å². The third-order valence-corrected chi connectivity index (χ3v) is 4.70. The normalized spacial score (nSPS) is 21.7. The van der Waals surface area contributed by atoms with Gasteiger partial charge in [-0.15, -0.1) is 0 Å². The number of carboxylic acid groups (broad SMARTS) is 1. The molecule has 0 heterocycles. The van der Waals surface area contributed by atoms with Crippen molar-refractivity contribution < 1.29 is 14.7 Å². The summed E-state index contributed by atoms with van der Waals surface area (Å²) in [5.74, 6) is -0.136. The first kappa shape index (κ1) is 14.2. The molecule has 108 valence electrons. The van der Waals surface area contributed by atoms with Crippen molar-refractivity contribution in [2.45, 2.75) is 44.9 Å². The van der Waals surface area contributed by atoms with Crippen molar-refractivity contribution in [2.75, 3.05) is 20.1 Å². The van der Waals surface area contributed by atoms with Gasteiger partial charge in [-0.2, -0.15) is 0 Å². The van der Waals surface area contributed by atoms with Crippen molar-refractivity contribution in [3.05, 3.63) is 0 Å². The van der Waals surface area contributed by atoms with E-state index in [0.717, 1.165) is 19.4 Å². The Balaban J connectivity index is 1.79. The van der Waals surface area contributed by atoms with Crippen LogP contribution in [0.15, 0.2) is 0 Å². The summed E-state index contributed by atoms with van der Waals surface area (Å²) in [6.45, 7) is 1.04. The molecular formula is C14H24N2O3. The van der Waals surface area contributed by atoms with Gasteiger partial charge in [0.2, 0.25) is 0 Å². The molecule has 0 aliphatic heterocycles. The molecule has 2 aliphatic rings.